The SMILES string of the molecule is Cc1c(C(F)CCN)cnn1C. The number of alkyl halides is 1. The van der Waals surface area contributed by atoms with Crippen molar-refractivity contribution in [2.24, 2.45) is 12.8 Å². The van der Waals surface area contributed by atoms with Crippen molar-refractivity contribution in [3.63, 3.8) is 0 Å². The van der Waals surface area contributed by atoms with E-state index in [1.807, 2.05) is 6.92 Å². The van der Waals surface area contributed by atoms with E-state index < -0.39 is 6.17 Å². The number of aryl methyl sites for hydroxylation is 1. The van der Waals surface area contributed by atoms with Gasteiger partial charge in [0.2, 0.25) is 0 Å². The Balaban J connectivity index is 2.80. The van der Waals surface area contributed by atoms with Gasteiger partial charge in [-0.2, -0.15) is 5.10 Å². The molecule has 0 aliphatic carbocycles. The van der Waals surface area contributed by atoms with E-state index >= 15 is 0 Å². The van der Waals surface area contributed by atoms with Gasteiger partial charge in [-0.3, -0.25) is 4.68 Å². The number of rotatable bonds is 3. The van der Waals surface area contributed by atoms with Gasteiger partial charge in [-0.05, 0) is 19.9 Å². The van der Waals surface area contributed by atoms with Crippen LogP contribution in [0.3, 0.4) is 0 Å². The fourth-order valence-corrected chi connectivity index (χ4v) is 1.13. The highest BCUT2D eigenvalue weighted by atomic mass is 19.1. The first kappa shape index (κ1) is 9.19. The Morgan fingerprint density at radius 3 is 2.83 bits per heavy atom. The van der Waals surface area contributed by atoms with Crippen LogP contribution in [0.15, 0.2) is 6.20 Å². The molecule has 1 rings (SSSR count). The molecule has 0 aromatic carbocycles. The molecule has 0 saturated heterocycles. The number of hydrogen-bond acceptors (Lipinski definition) is 2. The number of nitrogens with two attached hydrogens (primary N) is 1. The molecule has 0 aliphatic heterocycles. The van der Waals surface area contributed by atoms with Crippen molar-refractivity contribution >= 4 is 0 Å². The molecule has 2 N–H and O–H groups in total. The molecule has 0 radical (unpaired) electrons. The van der Waals surface area contributed by atoms with Crippen molar-refractivity contribution in [1.29, 1.82) is 0 Å². The van der Waals surface area contributed by atoms with Gasteiger partial charge in [0.05, 0.1) is 6.20 Å². The average molecular weight is 171 g/mol. The zero-order valence-electron chi connectivity index (χ0n) is 7.42. The van der Waals surface area contributed by atoms with Crippen LogP contribution in [0.1, 0.15) is 23.8 Å². The molecule has 3 nitrogen and oxygen atoms in total. The first-order chi connectivity index (χ1) is 5.66. The summed E-state index contributed by atoms with van der Waals surface area (Å²) in [5, 5.41) is 3.96. The fourth-order valence-electron chi connectivity index (χ4n) is 1.13. The van der Waals surface area contributed by atoms with Gasteiger partial charge in [-0.15, -0.1) is 0 Å². The van der Waals surface area contributed by atoms with E-state index in [1.54, 1.807) is 17.9 Å². The van der Waals surface area contributed by atoms with Crippen molar-refractivity contribution in [3.05, 3.63) is 17.5 Å². The van der Waals surface area contributed by atoms with Crippen LogP contribution in [-0.2, 0) is 7.05 Å². The van der Waals surface area contributed by atoms with Gasteiger partial charge < -0.3 is 5.73 Å². The summed E-state index contributed by atoms with van der Waals surface area (Å²) in [6, 6.07) is 0. The third-order valence-electron chi connectivity index (χ3n) is 2.03. The van der Waals surface area contributed by atoms with Gasteiger partial charge in [0.1, 0.15) is 6.17 Å². The van der Waals surface area contributed by atoms with Crippen LogP contribution in [0, 0.1) is 6.92 Å². The van der Waals surface area contributed by atoms with E-state index in [-0.39, 0.29) is 0 Å². The highest BCUT2D eigenvalue weighted by Crippen LogP contribution is 2.22. The lowest BCUT2D eigenvalue weighted by Crippen LogP contribution is -2.04. The largest absolute Gasteiger partial charge is 0.330 e. The molecule has 0 fully saturated rings. The number of halogens is 1. The second-order valence-electron chi connectivity index (χ2n) is 2.85. The third-order valence-corrected chi connectivity index (χ3v) is 2.03. The molecular formula is C8H14FN3. The lowest BCUT2D eigenvalue weighted by Gasteiger charge is -2.05. The molecule has 1 aromatic rings. The third kappa shape index (κ3) is 1.64. The van der Waals surface area contributed by atoms with E-state index in [1.165, 1.54) is 0 Å². The topological polar surface area (TPSA) is 43.8 Å². The van der Waals surface area contributed by atoms with Gasteiger partial charge in [0.25, 0.3) is 0 Å². The molecule has 0 saturated carbocycles. The van der Waals surface area contributed by atoms with Crippen molar-refractivity contribution in [2.75, 3.05) is 6.54 Å². The van der Waals surface area contributed by atoms with Gasteiger partial charge in [0.15, 0.2) is 0 Å². The Morgan fingerprint density at radius 2 is 2.42 bits per heavy atom. The van der Waals surface area contributed by atoms with Crippen LogP contribution in [0.4, 0.5) is 4.39 Å². The van der Waals surface area contributed by atoms with Crippen LogP contribution in [0.2, 0.25) is 0 Å². The molecule has 12 heavy (non-hydrogen) atoms. The molecule has 68 valence electrons. The summed E-state index contributed by atoms with van der Waals surface area (Å²) in [4.78, 5) is 0. The maximum Gasteiger partial charge on any atom is 0.130 e. The van der Waals surface area contributed by atoms with Crippen LogP contribution in [0.5, 0.6) is 0 Å². The quantitative estimate of drug-likeness (QED) is 0.739. The Bertz CT molecular complexity index is 257. The average Bonchev–Trinajstić information content (AvgIpc) is 2.34. The second kappa shape index (κ2) is 3.67. The summed E-state index contributed by atoms with van der Waals surface area (Å²) >= 11 is 0. The molecule has 1 atom stereocenters. The molecule has 0 amide bonds. The molecule has 1 aromatic heterocycles. The van der Waals surface area contributed by atoms with Crippen LogP contribution in [-0.4, -0.2) is 16.3 Å². The minimum Gasteiger partial charge on any atom is -0.330 e. The summed E-state index contributed by atoms with van der Waals surface area (Å²) in [7, 11) is 1.80. The van der Waals surface area contributed by atoms with Crippen molar-refractivity contribution in [1.82, 2.24) is 9.78 Å². The van der Waals surface area contributed by atoms with Gasteiger partial charge >= 0.3 is 0 Å². The number of aromatic nitrogens is 2. The molecule has 0 bridgehead atoms. The zero-order valence-corrected chi connectivity index (χ0v) is 7.42. The first-order valence-corrected chi connectivity index (χ1v) is 3.99. The van der Waals surface area contributed by atoms with Crippen molar-refractivity contribution in [2.45, 2.75) is 19.5 Å². The zero-order chi connectivity index (χ0) is 9.14. The molecule has 1 unspecified atom stereocenters. The van der Waals surface area contributed by atoms with Crippen molar-refractivity contribution in [3.8, 4) is 0 Å². The van der Waals surface area contributed by atoms with E-state index in [4.69, 9.17) is 5.73 Å². The fraction of sp³-hybridized carbons (Fsp3) is 0.625. The van der Waals surface area contributed by atoms with Crippen LogP contribution in [0.25, 0.3) is 0 Å². The first-order valence-electron chi connectivity index (χ1n) is 3.99. The summed E-state index contributed by atoms with van der Waals surface area (Å²) < 4.78 is 14.9. The molecule has 1 heterocycles. The number of nitrogens with zero attached hydrogens (tertiary/aromatic N) is 2. The summed E-state index contributed by atoms with van der Waals surface area (Å²) in [5.41, 5.74) is 6.78. The van der Waals surface area contributed by atoms with Crippen LogP contribution >= 0.6 is 0 Å². The monoisotopic (exact) mass is 171 g/mol. The minimum absolute atomic E-state index is 0.368. The molecule has 0 spiro atoms. The second-order valence-corrected chi connectivity index (χ2v) is 2.85. The van der Waals surface area contributed by atoms with Crippen molar-refractivity contribution < 1.29 is 4.39 Å². The minimum atomic E-state index is -0.969. The van der Waals surface area contributed by atoms with Gasteiger partial charge in [0, 0.05) is 18.3 Å². The lowest BCUT2D eigenvalue weighted by molar-refractivity contribution is 0.326. The maximum atomic E-state index is 13.3. The molecule has 4 heteroatoms. The van der Waals surface area contributed by atoms with E-state index in [2.05, 4.69) is 5.10 Å². The Kier molecular flexibility index (Phi) is 2.81. The Hall–Kier alpha value is -0.900. The van der Waals surface area contributed by atoms with E-state index in [0.29, 0.717) is 18.5 Å². The van der Waals surface area contributed by atoms with Gasteiger partial charge in [-0.25, -0.2) is 4.39 Å². The Labute approximate surface area is 71.4 Å². The highest BCUT2D eigenvalue weighted by Gasteiger charge is 2.14. The summed E-state index contributed by atoms with van der Waals surface area (Å²) in [6.45, 7) is 2.22. The predicted molar refractivity (Wildman–Crippen MR) is 45.5 cm³/mol. The summed E-state index contributed by atoms with van der Waals surface area (Å²) in [6.07, 6.45) is 0.964. The van der Waals surface area contributed by atoms with E-state index in [0.717, 1.165) is 5.69 Å². The maximum absolute atomic E-state index is 13.3. The highest BCUT2D eigenvalue weighted by molar-refractivity contribution is 5.18. The lowest BCUT2D eigenvalue weighted by atomic mass is 10.1. The van der Waals surface area contributed by atoms with Gasteiger partial charge in [-0.1, -0.05) is 0 Å². The normalized spacial score (nSPS) is 13.3. The standard InChI is InChI=1S/C8H14FN3/c1-6-7(5-11-12(6)2)8(9)3-4-10/h5,8H,3-4,10H2,1-2H3. The molecule has 0 aliphatic rings. The smallest absolute Gasteiger partial charge is 0.130 e. The number of hydrogen-bond donors (Lipinski definition) is 1. The van der Waals surface area contributed by atoms with E-state index in [9.17, 15) is 4.39 Å². The summed E-state index contributed by atoms with van der Waals surface area (Å²) in [5.74, 6) is 0. The Morgan fingerprint density at radius 1 is 1.75 bits per heavy atom. The predicted octanol–water partition coefficient (Wildman–Crippen LogP) is 1.09. The van der Waals surface area contributed by atoms with Crippen LogP contribution < -0.4 is 5.73 Å². The molecular weight excluding hydrogens is 157 g/mol.